The van der Waals surface area contributed by atoms with Gasteiger partial charge in [0.05, 0.1) is 16.1 Å². The Hall–Kier alpha value is -0.840. The van der Waals surface area contributed by atoms with Crippen molar-refractivity contribution >= 4 is 34.9 Å². The van der Waals surface area contributed by atoms with Gasteiger partial charge in [0.25, 0.3) is 0 Å². The van der Waals surface area contributed by atoms with Crippen molar-refractivity contribution in [2.45, 2.75) is 25.8 Å². The zero-order chi connectivity index (χ0) is 13.4. The molecular formula is C14H18ClN3S. The molecule has 1 aliphatic rings. The van der Waals surface area contributed by atoms with Gasteiger partial charge in [0.1, 0.15) is 0 Å². The fourth-order valence-electron chi connectivity index (χ4n) is 3.02. The van der Waals surface area contributed by atoms with Crippen molar-refractivity contribution in [2.24, 2.45) is 0 Å². The number of halogens is 1. The summed E-state index contributed by atoms with van der Waals surface area (Å²) in [7, 11) is 0. The van der Waals surface area contributed by atoms with E-state index in [0.717, 1.165) is 33.9 Å². The normalized spacial score (nSPS) is 21.1. The number of hydrogen-bond acceptors (Lipinski definition) is 2. The SMILES string of the molecule is CCN1CCCC(n2c(=S)[nH]c3cccc(Cl)c32)C1. The average molecular weight is 296 g/mol. The van der Waals surface area contributed by atoms with Crippen molar-refractivity contribution in [1.29, 1.82) is 0 Å². The topological polar surface area (TPSA) is 24.0 Å². The first-order chi connectivity index (χ1) is 9.20. The van der Waals surface area contributed by atoms with Crippen molar-refractivity contribution in [3.63, 3.8) is 0 Å². The zero-order valence-corrected chi connectivity index (χ0v) is 12.6. The fourth-order valence-corrected chi connectivity index (χ4v) is 3.63. The second-order valence-corrected chi connectivity index (χ2v) is 5.92. The van der Waals surface area contributed by atoms with Gasteiger partial charge in [-0.2, -0.15) is 0 Å². The summed E-state index contributed by atoms with van der Waals surface area (Å²) in [6.45, 7) is 5.56. The minimum absolute atomic E-state index is 0.426. The summed E-state index contributed by atoms with van der Waals surface area (Å²) in [5.74, 6) is 0. The molecule has 5 heteroatoms. The molecule has 19 heavy (non-hydrogen) atoms. The Morgan fingerprint density at radius 2 is 2.32 bits per heavy atom. The average Bonchev–Trinajstić information content (AvgIpc) is 2.76. The molecule has 102 valence electrons. The van der Waals surface area contributed by atoms with Crippen LogP contribution in [0.2, 0.25) is 5.02 Å². The highest BCUT2D eigenvalue weighted by Crippen LogP contribution is 2.30. The molecule has 0 amide bonds. The number of nitrogens with zero attached hydrogens (tertiary/aromatic N) is 2. The highest BCUT2D eigenvalue weighted by atomic mass is 35.5. The summed E-state index contributed by atoms with van der Waals surface area (Å²) in [5.41, 5.74) is 2.09. The maximum absolute atomic E-state index is 6.36. The van der Waals surface area contributed by atoms with Gasteiger partial charge in [-0.1, -0.05) is 24.6 Å². The third-order valence-corrected chi connectivity index (χ3v) is 4.58. The first kappa shape index (κ1) is 13.2. The molecule has 0 bridgehead atoms. The van der Waals surface area contributed by atoms with E-state index in [0.29, 0.717) is 6.04 Å². The molecule has 2 aromatic rings. The van der Waals surface area contributed by atoms with Gasteiger partial charge in [-0.05, 0) is 50.3 Å². The van der Waals surface area contributed by atoms with Crippen molar-refractivity contribution in [1.82, 2.24) is 14.5 Å². The van der Waals surface area contributed by atoms with E-state index in [1.807, 2.05) is 18.2 Å². The molecule has 1 atom stereocenters. The lowest BCUT2D eigenvalue weighted by atomic mass is 10.1. The van der Waals surface area contributed by atoms with Crippen molar-refractivity contribution in [3.05, 3.63) is 28.0 Å². The number of piperidine rings is 1. The number of fused-ring (bicyclic) bond motifs is 1. The number of hydrogen-bond donors (Lipinski definition) is 1. The van der Waals surface area contributed by atoms with E-state index in [1.165, 1.54) is 19.4 Å². The first-order valence-electron chi connectivity index (χ1n) is 6.81. The van der Waals surface area contributed by atoms with Gasteiger partial charge in [0, 0.05) is 12.6 Å². The molecule has 3 nitrogen and oxygen atoms in total. The molecule has 0 saturated carbocycles. The number of nitrogens with one attached hydrogen (secondary N) is 1. The van der Waals surface area contributed by atoms with E-state index in [-0.39, 0.29) is 0 Å². The number of imidazole rings is 1. The fraction of sp³-hybridized carbons (Fsp3) is 0.500. The second-order valence-electron chi connectivity index (χ2n) is 5.13. The predicted molar refractivity (Wildman–Crippen MR) is 82.5 cm³/mol. The molecule has 3 rings (SSSR count). The summed E-state index contributed by atoms with van der Waals surface area (Å²) < 4.78 is 3.00. The van der Waals surface area contributed by atoms with Gasteiger partial charge in [0.15, 0.2) is 4.77 Å². The number of benzene rings is 1. The van der Waals surface area contributed by atoms with E-state index in [4.69, 9.17) is 23.8 Å². The summed E-state index contributed by atoms with van der Waals surface area (Å²) in [4.78, 5) is 5.75. The molecular weight excluding hydrogens is 278 g/mol. The van der Waals surface area contributed by atoms with Crippen LogP contribution in [0.1, 0.15) is 25.8 Å². The van der Waals surface area contributed by atoms with Gasteiger partial charge in [-0.3, -0.25) is 0 Å². The smallest absolute Gasteiger partial charge is 0.178 e. The molecule has 1 aromatic heterocycles. The highest BCUT2D eigenvalue weighted by molar-refractivity contribution is 7.71. The Bertz CT molecular complexity index is 646. The Kier molecular flexibility index (Phi) is 3.65. The van der Waals surface area contributed by atoms with Crippen LogP contribution in [0, 0.1) is 4.77 Å². The molecule has 2 heterocycles. The quantitative estimate of drug-likeness (QED) is 0.847. The predicted octanol–water partition coefficient (Wildman–Crippen LogP) is 4.01. The molecule has 1 aromatic carbocycles. The van der Waals surface area contributed by atoms with Gasteiger partial charge < -0.3 is 14.5 Å². The number of para-hydroxylation sites is 1. The molecule has 0 radical (unpaired) electrons. The molecule has 0 aliphatic carbocycles. The molecule has 1 aliphatic heterocycles. The Morgan fingerprint density at radius 3 is 3.11 bits per heavy atom. The van der Waals surface area contributed by atoms with Crippen LogP contribution in [-0.2, 0) is 0 Å². The lowest BCUT2D eigenvalue weighted by Gasteiger charge is -2.32. The number of aromatic amines is 1. The number of likely N-dealkylation sites (N-methyl/N-ethyl adjacent to an activating group) is 1. The van der Waals surface area contributed by atoms with Crippen molar-refractivity contribution < 1.29 is 0 Å². The van der Waals surface area contributed by atoms with E-state index < -0.39 is 0 Å². The highest BCUT2D eigenvalue weighted by Gasteiger charge is 2.23. The van der Waals surface area contributed by atoms with E-state index in [1.54, 1.807) is 0 Å². The maximum atomic E-state index is 6.36. The Morgan fingerprint density at radius 1 is 1.47 bits per heavy atom. The summed E-state index contributed by atoms with van der Waals surface area (Å²) >= 11 is 11.9. The van der Waals surface area contributed by atoms with Crippen LogP contribution in [0.15, 0.2) is 18.2 Å². The second kappa shape index (κ2) is 5.27. The minimum Gasteiger partial charge on any atom is -0.331 e. The van der Waals surface area contributed by atoms with E-state index in [9.17, 15) is 0 Å². The number of aromatic nitrogens is 2. The van der Waals surface area contributed by atoms with Crippen LogP contribution >= 0.6 is 23.8 Å². The molecule has 0 spiro atoms. The van der Waals surface area contributed by atoms with Crippen LogP contribution < -0.4 is 0 Å². The lowest BCUT2D eigenvalue weighted by molar-refractivity contribution is 0.187. The van der Waals surface area contributed by atoms with Gasteiger partial charge in [0.2, 0.25) is 0 Å². The van der Waals surface area contributed by atoms with Crippen LogP contribution in [0.25, 0.3) is 11.0 Å². The van der Waals surface area contributed by atoms with Gasteiger partial charge >= 0.3 is 0 Å². The monoisotopic (exact) mass is 295 g/mol. The van der Waals surface area contributed by atoms with Crippen LogP contribution in [-0.4, -0.2) is 34.1 Å². The maximum Gasteiger partial charge on any atom is 0.178 e. The van der Waals surface area contributed by atoms with Crippen LogP contribution in [0.3, 0.4) is 0 Å². The van der Waals surface area contributed by atoms with Gasteiger partial charge in [-0.15, -0.1) is 0 Å². The third-order valence-electron chi connectivity index (χ3n) is 3.98. The lowest BCUT2D eigenvalue weighted by Crippen LogP contribution is -2.36. The summed E-state index contributed by atoms with van der Waals surface area (Å²) in [6, 6.07) is 6.35. The van der Waals surface area contributed by atoms with Crippen molar-refractivity contribution in [2.75, 3.05) is 19.6 Å². The Labute approximate surface area is 123 Å². The molecule has 1 saturated heterocycles. The Balaban J connectivity index is 2.09. The molecule has 1 unspecified atom stereocenters. The number of rotatable bonds is 2. The largest absolute Gasteiger partial charge is 0.331 e. The van der Waals surface area contributed by atoms with E-state index >= 15 is 0 Å². The minimum atomic E-state index is 0.426. The van der Waals surface area contributed by atoms with Crippen LogP contribution in [0.5, 0.6) is 0 Å². The standard InChI is InChI=1S/C14H18ClN3S/c1-2-17-8-4-5-10(9-17)18-13-11(15)6-3-7-12(13)16-14(18)19/h3,6-7,10H,2,4-5,8-9H2,1H3,(H,16,19). The number of likely N-dealkylation sites (tertiary alicyclic amines) is 1. The van der Waals surface area contributed by atoms with Crippen LogP contribution in [0.4, 0.5) is 0 Å². The first-order valence-corrected chi connectivity index (χ1v) is 7.60. The summed E-state index contributed by atoms with van der Waals surface area (Å²) in [5, 5.41) is 0.776. The van der Waals surface area contributed by atoms with E-state index in [2.05, 4.69) is 21.4 Å². The third kappa shape index (κ3) is 2.33. The zero-order valence-electron chi connectivity index (χ0n) is 11.0. The van der Waals surface area contributed by atoms with Gasteiger partial charge in [-0.25, -0.2) is 0 Å². The summed E-state index contributed by atoms with van der Waals surface area (Å²) in [6.07, 6.45) is 2.39. The molecule has 1 N–H and O–H groups in total. The van der Waals surface area contributed by atoms with Crippen molar-refractivity contribution in [3.8, 4) is 0 Å². The molecule has 1 fully saturated rings. The number of H-pyrrole nitrogens is 1.